The zero-order valence-corrected chi connectivity index (χ0v) is 13.1. The predicted molar refractivity (Wildman–Crippen MR) is 82.5 cm³/mol. The zero-order valence-electron chi connectivity index (χ0n) is 9.86. The van der Waals surface area contributed by atoms with Crippen molar-refractivity contribution in [2.75, 3.05) is 17.3 Å². The first-order valence-corrected chi connectivity index (χ1v) is 8.79. The van der Waals surface area contributed by atoms with Gasteiger partial charge >= 0.3 is 0 Å². The number of nitrogens with two attached hydrogens (primary N) is 1. The van der Waals surface area contributed by atoms with Crippen molar-refractivity contribution in [1.29, 1.82) is 0 Å². The number of hydrogen-bond acceptors (Lipinski definition) is 4. The number of benzene rings is 1. The topological polar surface area (TPSA) is 38.0 Å². The Kier molecular flexibility index (Phi) is 5.82. The summed E-state index contributed by atoms with van der Waals surface area (Å²) in [6.07, 6.45) is 0.755. The molecule has 18 heavy (non-hydrogen) atoms. The van der Waals surface area contributed by atoms with Gasteiger partial charge in [-0.25, -0.2) is 4.39 Å². The lowest BCUT2D eigenvalue weighted by atomic mass is 10.0. The van der Waals surface area contributed by atoms with Crippen molar-refractivity contribution < 1.29 is 4.39 Å². The summed E-state index contributed by atoms with van der Waals surface area (Å²) in [5.41, 5.74) is 3.86. The van der Waals surface area contributed by atoms with Crippen LogP contribution >= 0.6 is 39.5 Å². The Hall–Kier alpha value is 0.250. The van der Waals surface area contributed by atoms with E-state index in [0.29, 0.717) is 5.25 Å². The number of hydrogen-bond donors (Lipinski definition) is 2. The summed E-state index contributed by atoms with van der Waals surface area (Å²) in [6.45, 7) is 0. The maximum Gasteiger partial charge on any atom is 0.124 e. The van der Waals surface area contributed by atoms with Crippen LogP contribution in [0.2, 0.25) is 0 Å². The highest BCUT2D eigenvalue weighted by molar-refractivity contribution is 9.10. The Balaban J connectivity index is 2.04. The van der Waals surface area contributed by atoms with Gasteiger partial charge in [-0.15, -0.1) is 0 Å². The molecule has 1 aliphatic heterocycles. The van der Waals surface area contributed by atoms with Crippen molar-refractivity contribution in [3.8, 4) is 0 Å². The molecule has 0 aliphatic carbocycles. The van der Waals surface area contributed by atoms with Crippen LogP contribution in [0.3, 0.4) is 0 Å². The molecule has 0 saturated carbocycles. The van der Waals surface area contributed by atoms with Crippen molar-refractivity contribution in [3.63, 3.8) is 0 Å². The Labute approximate surface area is 124 Å². The molecular formula is C12H16BrFN2S2. The average Bonchev–Trinajstić information content (AvgIpc) is 2.36. The minimum Gasteiger partial charge on any atom is -0.271 e. The van der Waals surface area contributed by atoms with Gasteiger partial charge in [-0.2, -0.15) is 23.5 Å². The smallest absolute Gasteiger partial charge is 0.124 e. The lowest BCUT2D eigenvalue weighted by Crippen LogP contribution is -2.46. The molecule has 1 aromatic carbocycles. The number of rotatable bonds is 4. The number of hydrazine groups is 1. The molecule has 3 N–H and O–H groups in total. The SMILES string of the molecule is NNC(Cc1cc(F)cc(Br)c1)C1CSCCS1. The molecule has 1 aliphatic rings. The lowest BCUT2D eigenvalue weighted by Gasteiger charge is -2.29. The minimum absolute atomic E-state index is 0.191. The third-order valence-electron chi connectivity index (χ3n) is 2.88. The fraction of sp³-hybridized carbons (Fsp3) is 0.500. The molecular weight excluding hydrogens is 335 g/mol. The molecule has 2 nitrogen and oxygen atoms in total. The monoisotopic (exact) mass is 350 g/mol. The van der Waals surface area contributed by atoms with Gasteiger partial charge in [-0.1, -0.05) is 15.9 Å². The quantitative estimate of drug-likeness (QED) is 0.646. The molecule has 6 heteroatoms. The highest BCUT2D eigenvalue weighted by atomic mass is 79.9. The molecule has 100 valence electrons. The van der Waals surface area contributed by atoms with Crippen LogP contribution in [0.25, 0.3) is 0 Å². The highest BCUT2D eigenvalue weighted by Crippen LogP contribution is 2.28. The van der Waals surface area contributed by atoms with E-state index in [9.17, 15) is 4.39 Å². The normalized spacial score (nSPS) is 21.8. The maximum absolute atomic E-state index is 13.3. The molecule has 1 aromatic rings. The van der Waals surface area contributed by atoms with Gasteiger partial charge in [-0.05, 0) is 30.2 Å². The molecule has 0 amide bonds. The fourth-order valence-electron chi connectivity index (χ4n) is 2.02. The summed E-state index contributed by atoms with van der Waals surface area (Å²) in [6, 6.07) is 5.19. The van der Waals surface area contributed by atoms with E-state index in [1.807, 2.05) is 29.6 Å². The van der Waals surface area contributed by atoms with E-state index < -0.39 is 0 Å². The Morgan fingerprint density at radius 3 is 2.89 bits per heavy atom. The van der Waals surface area contributed by atoms with E-state index in [1.54, 1.807) is 6.07 Å². The minimum atomic E-state index is -0.208. The molecule has 0 spiro atoms. The predicted octanol–water partition coefficient (Wildman–Crippen LogP) is 2.81. The number of nitrogens with one attached hydrogen (secondary N) is 1. The summed E-state index contributed by atoms with van der Waals surface area (Å²) in [5.74, 6) is 8.93. The molecule has 2 rings (SSSR count). The molecule has 2 unspecified atom stereocenters. The summed E-state index contributed by atoms with van der Waals surface area (Å²) in [4.78, 5) is 0. The van der Waals surface area contributed by atoms with E-state index in [0.717, 1.165) is 22.2 Å². The summed E-state index contributed by atoms with van der Waals surface area (Å²) in [5, 5.41) is 0.496. The molecule has 2 atom stereocenters. The first-order chi connectivity index (χ1) is 8.69. The van der Waals surface area contributed by atoms with Crippen LogP contribution in [0, 0.1) is 5.82 Å². The fourth-order valence-corrected chi connectivity index (χ4v) is 5.40. The summed E-state index contributed by atoms with van der Waals surface area (Å²) < 4.78 is 14.1. The third kappa shape index (κ3) is 4.13. The van der Waals surface area contributed by atoms with Gasteiger partial charge in [-0.3, -0.25) is 11.3 Å². The third-order valence-corrected chi connectivity index (χ3v) is 6.26. The Morgan fingerprint density at radius 2 is 2.28 bits per heavy atom. The summed E-state index contributed by atoms with van der Waals surface area (Å²) >= 11 is 7.24. The van der Waals surface area contributed by atoms with Crippen molar-refractivity contribution in [1.82, 2.24) is 5.43 Å². The van der Waals surface area contributed by atoms with Crippen molar-refractivity contribution in [2.45, 2.75) is 17.7 Å². The first kappa shape index (κ1) is 14.7. The van der Waals surface area contributed by atoms with Crippen molar-refractivity contribution >= 4 is 39.5 Å². The molecule has 1 fully saturated rings. The van der Waals surface area contributed by atoms with Gasteiger partial charge in [0.25, 0.3) is 0 Å². The summed E-state index contributed by atoms with van der Waals surface area (Å²) in [7, 11) is 0. The van der Waals surface area contributed by atoms with Gasteiger partial charge in [0.2, 0.25) is 0 Å². The molecule has 0 radical (unpaired) electrons. The first-order valence-electron chi connectivity index (χ1n) is 5.79. The Morgan fingerprint density at radius 1 is 1.44 bits per heavy atom. The van der Waals surface area contributed by atoms with Crippen LogP contribution in [0.5, 0.6) is 0 Å². The van der Waals surface area contributed by atoms with Crippen LogP contribution < -0.4 is 11.3 Å². The lowest BCUT2D eigenvalue weighted by molar-refractivity contribution is 0.521. The van der Waals surface area contributed by atoms with E-state index in [2.05, 4.69) is 21.4 Å². The van der Waals surface area contributed by atoms with E-state index in [4.69, 9.17) is 5.84 Å². The van der Waals surface area contributed by atoms with E-state index in [1.165, 1.54) is 17.6 Å². The second-order valence-electron chi connectivity index (χ2n) is 4.24. The van der Waals surface area contributed by atoms with Crippen LogP contribution in [0.15, 0.2) is 22.7 Å². The largest absolute Gasteiger partial charge is 0.271 e. The standard InChI is InChI=1S/C12H16BrFN2S2/c13-9-3-8(4-10(14)6-9)5-11(16-15)12-7-17-1-2-18-12/h3-4,6,11-12,16H,1-2,5,7,15H2. The van der Waals surface area contributed by atoms with Gasteiger partial charge in [0.1, 0.15) is 5.82 Å². The van der Waals surface area contributed by atoms with Crippen molar-refractivity contribution in [3.05, 3.63) is 34.1 Å². The average molecular weight is 351 g/mol. The van der Waals surface area contributed by atoms with Crippen LogP contribution in [-0.2, 0) is 6.42 Å². The molecule has 1 heterocycles. The second kappa shape index (κ2) is 7.14. The molecule has 0 aromatic heterocycles. The second-order valence-corrected chi connectivity index (χ2v) is 7.65. The Bertz CT molecular complexity index is 379. The zero-order chi connectivity index (χ0) is 13.0. The molecule has 0 bridgehead atoms. The van der Waals surface area contributed by atoms with Crippen LogP contribution in [-0.4, -0.2) is 28.6 Å². The van der Waals surface area contributed by atoms with Crippen LogP contribution in [0.4, 0.5) is 4.39 Å². The van der Waals surface area contributed by atoms with E-state index >= 15 is 0 Å². The maximum atomic E-state index is 13.3. The van der Waals surface area contributed by atoms with Gasteiger partial charge < -0.3 is 0 Å². The van der Waals surface area contributed by atoms with Crippen LogP contribution in [0.1, 0.15) is 5.56 Å². The van der Waals surface area contributed by atoms with Gasteiger partial charge in [0, 0.05) is 33.0 Å². The number of halogens is 2. The molecule has 1 saturated heterocycles. The van der Waals surface area contributed by atoms with Gasteiger partial charge in [0.15, 0.2) is 0 Å². The van der Waals surface area contributed by atoms with Gasteiger partial charge in [0.05, 0.1) is 0 Å². The van der Waals surface area contributed by atoms with E-state index in [-0.39, 0.29) is 11.9 Å². The highest BCUT2D eigenvalue weighted by Gasteiger charge is 2.24. The van der Waals surface area contributed by atoms with Crippen molar-refractivity contribution in [2.24, 2.45) is 5.84 Å². The number of thioether (sulfide) groups is 2.